The van der Waals surface area contributed by atoms with Crippen LogP contribution in [0, 0.1) is 0 Å². The minimum Gasteiger partial charge on any atom is -0.329 e. The summed E-state index contributed by atoms with van der Waals surface area (Å²) >= 11 is 11.5. The van der Waals surface area contributed by atoms with Crippen molar-refractivity contribution in [3.8, 4) is 0 Å². The summed E-state index contributed by atoms with van der Waals surface area (Å²) in [5.74, 6) is 0. The molecule has 1 unspecified atom stereocenters. The minimum atomic E-state index is 0.164. The number of hydrogen-bond acceptors (Lipinski definition) is 2. The molecule has 0 aliphatic carbocycles. The molecule has 2 aromatic carbocycles. The summed E-state index contributed by atoms with van der Waals surface area (Å²) in [6.07, 6.45) is 0. The average Bonchev–Trinajstić information content (AvgIpc) is 2.39. The second-order valence-electron chi connectivity index (χ2n) is 3.79. The second-order valence-corrected chi connectivity index (χ2v) is 6.30. The van der Waals surface area contributed by atoms with Gasteiger partial charge in [0.25, 0.3) is 0 Å². The third-order valence-electron chi connectivity index (χ3n) is 2.57. The zero-order valence-electron chi connectivity index (χ0n) is 9.64. The fraction of sp³-hybridized carbons (Fsp3) is 0.143. The zero-order chi connectivity index (χ0) is 13.0. The Bertz CT molecular complexity index is 533. The maximum Gasteiger partial charge on any atom is 0.0481 e. The van der Waals surface area contributed by atoms with E-state index in [2.05, 4.69) is 22.0 Å². The first-order valence-corrected chi connectivity index (χ1v) is 7.63. The fourth-order valence-electron chi connectivity index (χ4n) is 1.67. The number of nitrogens with two attached hydrogens (primary N) is 1. The monoisotopic (exact) mass is 341 g/mol. The van der Waals surface area contributed by atoms with Gasteiger partial charge in [-0.3, -0.25) is 0 Å². The molecule has 0 radical (unpaired) electrons. The highest BCUT2D eigenvalue weighted by atomic mass is 79.9. The predicted octanol–water partition coefficient (Wildman–Crippen LogP) is 4.89. The maximum atomic E-state index is 6.22. The van der Waals surface area contributed by atoms with Gasteiger partial charge in [-0.05, 0) is 39.7 Å². The van der Waals surface area contributed by atoms with Crippen LogP contribution in [0.15, 0.2) is 57.9 Å². The van der Waals surface area contributed by atoms with Crippen LogP contribution in [0.4, 0.5) is 0 Å². The summed E-state index contributed by atoms with van der Waals surface area (Å²) in [5.41, 5.74) is 6.96. The molecule has 18 heavy (non-hydrogen) atoms. The van der Waals surface area contributed by atoms with E-state index in [0.29, 0.717) is 6.54 Å². The quantitative estimate of drug-likeness (QED) is 0.800. The summed E-state index contributed by atoms with van der Waals surface area (Å²) < 4.78 is 1.08. The maximum absolute atomic E-state index is 6.22. The van der Waals surface area contributed by atoms with Gasteiger partial charge in [-0.25, -0.2) is 0 Å². The molecule has 0 aromatic heterocycles. The normalized spacial score (nSPS) is 12.4. The summed E-state index contributed by atoms with van der Waals surface area (Å²) in [7, 11) is 0. The lowest BCUT2D eigenvalue weighted by Gasteiger charge is -2.17. The third-order valence-corrected chi connectivity index (χ3v) is 5.21. The molecule has 0 heterocycles. The molecule has 4 heteroatoms. The molecule has 2 aromatic rings. The summed E-state index contributed by atoms with van der Waals surface area (Å²) in [6.45, 7) is 0.551. The number of halogens is 2. The van der Waals surface area contributed by atoms with Crippen LogP contribution in [0.1, 0.15) is 10.8 Å². The van der Waals surface area contributed by atoms with E-state index >= 15 is 0 Å². The van der Waals surface area contributed by atoms with Gasteiger partial charge in [0.2, 0.25) is 0 Å². The third kappa shape index (κ3) is 3.29. The van der Waals surface area contributed by atoms with Crippen molar-refractivity contribution in [2.24, 2.45) is 5.73 Å². The van der Waals surface area contributed by atoms with Gasteiger partial charge in [0.05, 0.1) is 0 Å². The van der Waals surface area contributed by atoms with Crippen LogP contribution in [-0.2, 0) is 0 Å². The van der Waals surface area contributed by atoms with Crippen LogP contribution in [0.2, 0.25) is 5.02 Å². The molecule has 1 atom stereocenters. The molecule has 0 aliphatic heterocycles. The van der Waals surface area contributed by atoms with Gasteiger partial charge in [0, 0.05) is 26.2 Å². The van der Waals surface area contributed by atoms with E-state index in [0.717, 1.165) is 15.1 Å². The first-order valence-electron chi connectivity index (χ1n) is 5.58. The van der Waals surface area contributed by atoms with Crippen LogP contribution >= 0.6 is 39.3 Å². The van der Waals surface area contributed by atoms with Crippen LogP contribution in [-0.4, -0.2) is 6.54 Å². The van der Waals surface area contributed by atoms with Crippen molar-refractivity contribution in [2.45, 2.75) is 10.1 Å². The van der Waals surface area contributed by atoms with E-state index in [4.69, 9.17) is 17.3 Å². The van der Waals surface area contributed by atoms with Gasteiger partial charge >= 0.3 is 0 Å². The lowest BCUT2D eigenvalue weighted by Crippen LogP contribution is -2.09. The second kappa shape index (κ2) is 6.62. The van der Waals surface area contributed by atoms with Gasteiger partial charge in [-0.2, -0.15) is 0 Å². The molecule has 0 saturated heterocycles. The smallest absolute Gasteiger partial charge is 0.0481 e. The Hall–Kier alpha value is -0.480. The largest absolute Gasteiger partial charge is 0.329 e. The van der Waals surface area contributed by atoms with E-state index in [1.54, 1.807) is 11.8 Å². The van der Waals surface area contributed by atoms with Gasteiger partial charge in [0.1, 0.15) is 0 Å². The number of benzene rings is 2. The molecule has 2 rings (SSSR count). The number of rotatable bonds is 4. The van der Waals surface area contributed by atoms with Crippen LogP contribution in [0.5, 0.6) is 0 Å². The molecular weight excluding hydrogens is 330 g/mol. The molecule has 0 amide bonds. The van der Waals surface area contributed by atoms with E-state index < -0.39 is 0 Å². The Morgan fingerprint density at radius 2 is 1.78 bits per heavy atom. The molecule has 0 spiro atoms. The fourth-order valence-corrected chi connectivity index (χ4v) is 3.64. The lowest BCUT2D eigenvalue weighted by atomic mass is 10.1. The highest BCUT2D eigenvalue weighted by Crippen LogP contribution is 2.40. The molecule has 0 aliphatic rings. The minimum absolute atomic E-state index is 0.164. The summed E-state index contributed by atoms with van der Waals surface area (Å²) in [6, 6.07) is 16.0. The molecular formula is C14H13BrClNS. The van der Waals surface area contributed by atoms with Crippen molar-refractivity contribution >= 4 is 39.3 Å². The molecule has 1 nitrogen and oxygen atoms in total. The SMILES string of the molecule is NCC(Sc1ccccc1Br)c1ccccc1Cl. The topological polar surface area (TPSA) is 26.0 Å². The molecule has 0 fully saturated rings. The Morgan fingerprint density at radius 3 is 2.44 bits per heavy atom. The van der Waals surface area contributed by atoms with Crippen molar-refractivity contribution in [1.82, 2.24) is 0 Å². The molecule has 94 valence electrons. The average molecular weight is 343 g/mol. The van der Waals surface area contributed by atoms with Crippen molar-refractivity contribution in [2.75, 3.05) is 6.54 Å². The summed E-state index contributed by atoms with van der Waals surface area (Å²) in [5, 5.41) is 0.935. The van der Waals surface area contributed by atoms with Crippen LogP contribution in [0.3, 0.4) is 0 Å². The van der Waals surface area contributed by atoms with Crippen molar-refractivity contribution < 1.29 is 0 Å². The Balaban J connectivity index is 2.26. The van der Waals surface area contributed by atoms with E-state index in [1.807, 2.05) is 42.5 Å². The van der Waals surface area contributed by atoms with Gasteiger partial charge in [0.15, 0.2) is 0 Å². The molecule has 0 bridgehead atoms. The standard InChI is InChI=1S/C14H13BrClNS/c15-11-6-2-4-8-13(11)18-14(9-17)10-5-1-3-7-12(10)16/h1-8,14H,9,17H2. The first kappa shape index (κ1) is 13.9. The lowest BCUT2D eigenvalue weighted by molar-refractivity contribution is 0.940. The Kier molecular flexibility index (Phi) is 5.13. The van der Waals surface area contributed by atoms with Gasteiger partial charge in [-0.15, -0.1) is 11.8 Å². The van der Waals surface area contributed by atoms with Gasteiger partial charge in [-0.1, -0.05) is 41.9 Å². The van der Waals surface area contributed by atoms with E-state index in [1.165, 1.54) is 4.90 Å². The molecule has 0 saturated carbocycles. The van der Waals surface area contributed by atoms with Crippen molar-refractivity contribution in [3.05, 3.63) is 63.6 Å². The van der Waals surface area contributed by atoms with E-state index in [-0.39, 0.29) is 5.25 Å². The first-order chi connectivity index (χ1) is 8.72. The highest BCUT2D eigenvalue weighted by molar-refractivity contribution is 9.10. The predicted molar refractivity (Wildman–Crippen MR) is 83.2 cm³/mol. The van der Waals surface area contributed by atoms with Crippen LogP contribution < -0.4 is 5.73 Å². The Morgan fingerprint density at radius 1 is 1.11 bits per heavy atom. The highest BCUT2D eigenvalue weighted by Gasteiger charge is 2.15. The molecule has 2 N–H and O–H groups in total. The van der Waals surface area contributed by atoms with Crippen LogP contribution in [0.25, 0.3) is 0 Å². The Labute approximate surface area is 125 Å². The van der Waals surface area contributed by atoms with Gasteiger partial charge < -0.3 is 5.73 Å². The number of thioether (sulfide) groups is 1. The zero-order valence-corrected chi connectivity index (χ0v) is 12.8. The number of hydrogen-bond donors (Lipinski definition) is 1. The van der Waals surface area contributed by atoms with Crippen molar-refractivity contribution in [3.63, 3.8) is 0 Å². The summed E-state index contributed by atoms with van der Waals surface area (Å²) in [4.78, 5) is 1.17. The van der Waals surface area contributed by atoms with Crippen molar-refractivity contribution in [1.29, 1.82) is 0 Å². The van der Waals surface area contributed by atoms with E-state index in [9.17, 15) is 0 Å².